The summed E-state index contributed by atoms with van der Waals surface area (Å²) in [7, 11) is 0. The number of carbonyl (C=O) groups excluding carboxylic acids is 4. The van der Waals surface area contributed by atoms with Crippen LogP contribution in [0.1, 0.15) is 24.5 Å². The van der Waals surface area contributed by atoms with E-state index in [-0.39, 0.29) is 19.8 Å². The first-order chi connectivity index (χ1) is 16.8. The maximum atomic E-state index is 10.00. The summed E-state index contributed by atoms with van der Waals surface area (Å²) in [6.07, 6.45) is 6.29. The zero-order valence-corrected chi connectivity index (χ0v) is 19.6. The van der Waals surface area contributed by atoms with Crippen molar-refractivity contribution in [3.8, 4) is 0 Å². The highest BCUT2D eigenvalue weighted by molar-refractivity contribution is 5.65. The molecule has 0 saturated carbocycles. The van der Waals surface area contributed by atoms with E-state index in [0.717, 1.165) is 5.56 Å². The number of rotatable bonds is 8. The molecule has 0 saturated heterocycles. The monoisotopic (exact) mass is 482 g/mol. The predicted molar refractivity (Wildman–Crippen MR) is 127 cm³/mol. The fourth-order valence-electron chi connectivity index (χ4n) is 2.33. The molecule has 0 aliphatic carbocycles. The highest BCUT2D eigenvalue weighted by atomic mass is 16.3. The minimum Gasteiger partial charge on any atom is -0.396 e. The van der Waals surface area contributed by atoms with Crippen molar-refractivity contribution >= 4 is 47.1 Å². The molecule has 2 aromatic carbocycles. The Kier molecular flexibility index (Phi) is 15.3. The Morgan fingerprint density at radius 2 is 1.17 bits per heavy atom. The van der Waals surface area contributed by atoms with Gasteiger partial charge in [-0.2, -0.15) is 20.0 Å². The molecule has 0 heterocycles. The molecule has 0 bridgehead atoms. The van der Waals surface area contributed by atoms with E-state index in [9.17, 15) is 19.2 Å². The normalized spacial score (nSPS) is 9.31. The summed E-state index contributed by atoms with van der Waals surface area (Å²) >= 11 is 0. The molecule has 0 aliphatic rings. The van der Waals surface area contributed by atoms with Crippen LogP contribution in [0, 0.1) is 19.3 Å². The highest BCUT2D eigenvalue weighted by Crippen LogP contribution is 2.27. The minimum atomic E-state index is -0.667. The van der Waals surface area contributed by atoms with E-state index in [1.807, 2.05) is 6.92 Å². The standard InChI is InChI=1S/2C9H6N2O2.C6H14O3/c1-7-2-3-8(10-5-12)4-9(7)11-6-13;1-7-8(10-5-12)3-2-4-9(7)11-6-13;1-2-6(3-7,4-8)5-9/h2*2-4H,1H3;7-9H,2-5H2,1H3. The summed E-state index contributed by atoms with van der Waals surface area (Å²) in [5.74, 6) is 0. The Hall–Kier alpha value is -4.16. The van der Waals surface area contributed by atoms with Crippen molar-refractivity contribution in [1.29, 1.82) is 0 Å². The number of aryl methyl sites for hydroxylation is 1. The van der Waals surface area contributed by atoms with Gasteiger partial charge in [-0.15, -0.1) is 0 Å². The van der Waals surface area contributed by atoms with E-state index in [1.54, 1.807) is 44.2 Å². The largest absolute Gasteiger partial charge is 0.396 e. The van der Waals surface area contributed by atoms with Gasteiger partial charge in [-0.25, -0.2) is 19.2 Å². The molecule has 0 spiro atoms. The van der Waals surface area contributed by atoms with Gasteiger partial charge in [0.25, 0.3) is 0 Å². The van der Waals surface area contributed by atoms with Gasteiger partial charge >= 0.3 is 0 Å². The number of hydrogen-bond acceptors (Lipinski definition) is 11. The molecule has 11 heteroatoms. The maximum absolute atomic E-state index is 10.00. The Bertz CT molecular complexity index is 1080. The summed E-state index contributed by atoms with van der Waals surface area (Å²) < 4.78 is 0. The van der Waals surface area contributed by atoms with Crippen LogP contribution in [0.5, 0.6) is 0 Å². The maximum Gasteiger partial charge on any atom is 0.240 e. The van der Waals surface area contributed by atoms with Gasteiger partial charge in [0, 0.05) is 11.0 Å². The van der Waals surface area contributed by atoms with Crippen molar-refractivity contribution in [2.24, 2.45) is 25.4 Å². The SMILES string of the molecule is CCC(CO)(CO)CO.Cc1c(N=C=O)cccc1N=C=O.Cc1ccc(N=C=O)cc1N=C=O. The van der Waals surface area contributed by atoms with Crippen LogP contribution < -0.4 is 0 Å². The fourth-order valence-corrected chi connectivity index (χ4v) is 2.33. The van der Waals surface area contributed by atoms with Crippen LogP contribution in [-0.4, -0.2) is 59.5 Å². The van der Waals surface area contributed by atoms with Gasteiger partial charge in [-0.3, -0.25) is 0 Å². The van der Waals surface area contributed by atoms with Gasteiger partial charge in [-0.05, 0) is 50.1 Å². The van der Waals surface area contributed by atoms with Gasteiger partial charge < -0.3 is 15.3 Å². The quantitative estimate of drug-likeness (QED) is 0.382. The van der Waals surface area contributed by atoms with Crippen molar-refractivity contribution in [2.45, 2.75) is 27.2 Å². The van der Waals surface area contributed by atoms with Gasteiger partial charge in [0.15, 0.2) is 0 Å². The number of aliphatic hydroxyl groups excluding tert-OH is 3. The first-order valence-electron chi connectivity index (χ1n) is 10.2. The third-order valence-electron chi connectivity index (χ3n) is 4.90. The molecule has 2 rings (SSSR count). The number of hydrogen-bond donors (Lipinski definition) is 3. The minimum absolute atomic E-state index is 0.156. The Balaban J connectivity index is 0.000000506. The van der Waals surface area contributed by atoms with E-state index < -0.39 is 5.41 Å². The summed E-state index contributed by atoms with van der Waals surface area (Å²) in [4.78, 5) is 53.7. The molecule has 0 fully saturated rings. The zero-order valence-electron chi connectivity index (χ0n) is 19.6. The predicted octanol–water partition coefficient (Wildman–Crippen LogP) is 3.22. The molecule has 0 atom stereocenters. The van der Waals surface area contributed by atoms with Crippen molar-refractivity contribution in [3.63, 3.8) is 0 Å². The average molecular weight is 482 g/mol. The summed E-state index contributed by atoms with van der Waals surface area (Å²) in [5.41, 5.74) is 2.64. The number of benzene rings is 2. The second-order valence-electron chi connectivity index (χ2n) is 7.03. The van der Waals surface area contributed by atoms with Crippen molar-refractivity contribution in [3.05, 3.63) is 47.5 Å². The van der Waals surface area contributed by atoms with Crippen LogP contribution in [-0.2, 0) is 19.2 Å². The molecule has 0 amide bonds. The lowest BCUT2D eigenvalue weighted by molar-refractivity contribution is 0.00304. The lowest BCUT2D eigenvalue weighted by atomic mass is 9.88. The Morgan fingerprint density at radius 1 is 0.714 bits per heavy atom. The second kappa shape index (κ2) is 17.3. The summed E-state index contributed by atoms with van der Waals surface area (Å²) in [5, 5.41) is 26.0. The molecule has 184 valence electrons. The molecule has 11 nitrogen and oxygen atoms in total. The number of aliphatic hydroxyl groups is 3. The molecular weight excluding hydrogens is 456 g/mol. The molecule has 0 aromatic heterocycles. The number of aliphatic imine (C=N–C) groups is 4. The first kappa shape index (κ1) is 30.8. The van der Waals surface area contributed by atoms with Gasteiger partial charge in [-0.1, -0.05) is 19.1 Å². The van der Waals surface area contributed by atoms with Gasteiger partial charge in [0.2, 0.25) is 24.3 Å². The third kappa shape index (κ3) is 10.5. The average Bonchev–Trinajstić information content (AvgIpc) is 2.87. The molecular formula is C24H26N4O7. The van der Waals surface area contributed by atoms with Crippen LogP contribution in [0.4, 0.5) is 22.7 Å². The number of isocyanates is 4. The van der Waals surface area contributed by atoms with E-state index in [0.29, 0.717) is 34.7 Å². The number of nitrogens with zero attached hydrogens (tertiary/aromatic N) is 4. The Labute approximate surface area is 201 Å². The van der Waals surface area contributed by atoms with Crippen LogP contribution in [0.15, 0.2) is 56.4 Å². The Morgan fingerprint density at radius 3 is 1.54 bits per heavy atom. The highest BCUT2D eigenvalue weighted by Gasteiger charge is 2.24. The van der Waals surface area contributed by atoms with Crippen molar-refractivity contribution < 1.29 is 34.5 Å². The lowest BCUT2D eigenvalue weighted by Gasteiger charge is -2.24. The van der Waals surface area contributed by atoms with Crippen LogP contribution >= 0.6 is 0 Å². The van der Waals surface area contributed by atoms with Gasteiger partial charge in [0.05, 0.1) is 42.6 Å². The molecule has 0 unspecified atom stereocenters. The summed E-state index contributed by atoms with van der Waals surface area (Å²) in [6.45, 7) is 4.86. The molecule has 3 N–H and O–H groups in total. The van der Waals surface area contributed by atoms with E-state index in [4.69, 9.17) is 15.3 Å². The molecule has 35 heavy (non-hydrogen) atoms. The molecule has 2 aromatic rings. The van der Waals surface area contributed by atoms with Gasteiger partial charge in [0.1, 0.15) is 0 Å². The van der Waals surface area contributed by atoms with Crippen molar-refractivity contribution in [1.82, 2.24) is 0 Å². The lowest BCUT2D eigenvalue weighted by Crippen LogP contribution is -2.32. The third-order valence-corrected chi connectivity index (χ3v) is 4.90. The van der Waals surface area contributed by atoms with Crippen LogP contribution in [0.3, 0.4) is 0 Å². The van der Waals surface area contributed by atoms with Crippen LogP contribution in [0.2, 0.25) is 0 Å². The van der Waals surface area contributed by atoms with Crippen LogP contribution in [0.25, 0.3) is 0 Å². The molecule has 0 aliphatic heterocycles. The summed E-state index contributed by atoms with van der Waals surface area (Å²) in [6, 6.07) is 9.81. The fraction of sp³-hybridized carbons (Fsp3) is 0.333. The van der Waals surface area contributed by atoms with Crippen molar-refractivity contribution in [2.75, 3.05) is 19.8 Å². The smallest absolute Gasteiger partial charge is 0.240 e. The second-order valence-corrected chi connectivity index (χ2v) is 7.03. The molecule has 0 radical (unpaired) electrons. The van der Waals surface area contributed by atoms with E-state index >= 15 is 0 Å². The van der Waals surface area contributed by atoms with E-state index in [2.05, 4.69) is 20.0 Å². The zero-order chi connectivity index (χ0) is 26.7. The first-order valence-corrected chi connectivity index (χ1v) is 10.2. The van der Waals surface area contributed by atoms with E-state index in [1.165, 1.54) is 30.4 Å². The topological polar surface area (TPSA) is 178 Å².